The molecule has 1 saturated heterocycles. The number of anilines is 1. The van der Waals surface area contributed by atoms with E-state index in [4.69, 9.17) is 4.42 Å². The molecule has 3 heterocycles. The van der Waals surface area contributed by atoms with Gasteiger partial charge in [-0.2, -0.15) is 0 Å². The molecule has 1 amide bonds. The summed E-state index contributed by atoms with van der Waals surface area (Å²) >= 11 is 1.67. The van der Waals surface area contributed by atoms with Gasteiger partial charge in [-0.15, -0.1) is 11.3 Å². The lowest BCUT2D eigenvalue weighted by Gasteiger charge is -2.39. The smallest absolute Gasteiger partial charge is 0.291 e. The van der Waals surface area contributed by atoms with Crippen molar-refractivity contribution < 1.29 is 9.21 Å². The molecule has 33 heavy (non-hydrogen) atoms. The minimum atomic E-state index is -0.199. The molecule has 6 heteroatoms. The van der Waals surface area contributed by atoms with Crippen LogP contribution in [-0.2, 0) is 6.42 Å². The number of amides is 1. The van der Waals surface area contributed by atoms with Gasteiger partial charge in [0.1, 0.15) is 5.00 Å². The number of thiophene rings is 1. The van der Waals surface area contributed by atoms with E-state index in [2.05, 4.69) is 73.1 Å². The predicted octanol–water partition coefficient (Wildman–Crippen LogP) is 6.01. The lowest BCUT2D eigenvalue weighted by molar-refractivity contribution is 0.0995. The number of benzene rings is 1. The fraction of sp³-hybridized carbons (Fsp3) is 0.444. The van der Waals surface area contributed by atoms with E-state index in [1.165, 1.54) is 27.8 Å². The van der Waals surface area contributed by atoms with Gasteiger partial charge in [0.15, 0.2) is 5.76 Å². The number of carbonyl (C=O) groups excluding carboxylic acids is 1. The zero-order valence-corrected chi connectivity index (χ0v) is 21.0. The van der Waals surface area contributed by atoms with Crippen molar-refractivity contribution in [1.29, 1.82) is 0 Å². The van der Waals surface area contributed by atoms with Crippen LogP contribution >= 0.6 is 11.3 Å². The Labute approximate surface area is 201 Å². The fourth-order valence-corrected chi connectivity index (χ4v) is 5.52. The summed E-state index contributed by atoms with van der Waals surface area (Å²) in [6, 6.07) is 14.9. The molecule has 1 fully saturated rings. The van der Waals surface area contributed by atoms with E-state index in [9.17, 15) is 4.79 Å². The summed E-state index contributed by atoms with van der Waals surface area (Å²) in [7, 11) is 0. The molecule has 5 nitrogen and oxygen atoms in total. The first-order valence-corrected chi connectivity index (χ1v) is 12.9. The lowest BCUT2D eigenvalue weighted by atomic mass is 9.94. The van der Waals surface area contributed by atoms with Crippen LogP contribution in [0, 0.1) is 0 Å². The average molecular weight is 466 g/mol. The molecule has 4 rings (SSSR count). The maximum atomic E-state index is 12.8. The van der Waals surface area contributed by atoms with Crippen molar-refractivity contribution >= 4 is 22.2 Å². The van der Waals surface area contributed by atoms with Crippen molar-refractivity contribution in [3.05, 3.63) is 76.1 Å². The van der Waals surface area contributed by atoms with Crippen molar-refractivity contribution in [1.82, 2.24) is 9.80 Å². The van der Waals surface area contributed by atoms with Gasteiger partial charge in [-0.25, -0.2) is 0 Å². The molecule has 176 valence electrons. The van der Waals surface area contributed by atoms with Gasteiger partial charge in [0.05, 0.1) is 12.3 Å². The van der Waals surface area contributed by atoms with Crippen molar-refractivity contribution in [3.63, 3.8) is 0 Å². The fourth-order valence-electron chi connectivity index (χ4n) is 4.49. The summed E-state index contributed by atoms with van der Waals surface area (Å²) in [5.74, 6) is 0.638. The standard InChI is InChI=1S/C27H35N3O2S/c1-5-22-18-23(27(33-22)28-26(31)24-8-7-17-32-24)25(30-15-13-29(6-2)14-16-30)21-11-9-20(10-12-21)19(3)4/h7-12,17-19,25H,5-6,13-16H2,1-4H3,(H,28,31). The minimum Gasteiger partial charge on any atom is -0.459 e. The van der Waals surface area contributed by atoms with Gasteiger partial charge in [0, 0.05) is 36.6 Å². The van der Waals surface area contributed by atoms with Gasteiger partial charge in [-0.3, -0.25) is 9.69 Å². The van der Waals surface area contributed by atoms with Gasteiger partial charge in [0.25, 0.3) is 5.91 Å². The van der Waals surface area contributed by atoms with Crippen molar-refractivity contribution in [2.75, 3.05) is 38.0 Å². The second-order valence-electron chi connectivity index (χ2n) is 8.98. The lowest BCUT2D eigenvalue weighted by Crippen LogP contribution is -2.47. The Bertz CT molecular complexity index is 1030. The topological polar surface area (TPSA) is 48.7 Å². The van der Waals surface area contributed by atoms with Crippen molar-refractivity contribution in [2.45, 2.75) is 46.1 Å². The largest absolute Gasteiger partial charge is 0.459 e. The average Bonchev–Trinajstić information content (AvgIpc) is 3.51. The molecule has 0 bridgehead atoms. The van der Waals surface area contributed by atoms with E-state index in [1.54, 1.807) is 23.5 Å². The maximum absolute atomic E-state index is 12.8. The number of nitrogens with zero attached hydrogens (tertiary/aromatic N) is 2. The Morgan fingerprint density at radius 3 is 2.33 bits per heavy atom. The highest BCUT2D eigenvalue weighted by molar-refractivity contribution is 7.16. The monoisotopic (exact) mass is 465 g/mol. The number of carbonyl (C=O) groups is 1. The first kappa shape index (κ1) is 23.7. The molecule has 1 unspecified atom stereocenters. The molecular weight excluding hydrogens is 430 g/mol. The quantitative estimate of drug-likeness (QED) is 0.443. The zero-order chi connectivity index (χ0) is 23.4. The highest BCUT2D eigenvalue weighted by Gasteiger charge is 2.30. The van der Waals surface area contributed by atoms with Crippen LogP contribution in [0.25, 0.3) is 0 Å². The SMILES string of the molecule is CCc1cc(C(c2ccc(C(C)C)cc2)N2CCN(CC)CC2)c(NC(=O)c2ccco2)s1. The third kappa shape index (κ3) is 5.40. The number of piperazine rings is 1. The Balaban J connectivity index is 1.71. The van der Waals surface area contributed by atoms with Crippen molar-refractivity contribution in [2.24, 2.45) is 0 Å². The van der Waals surface area contributed by atoms with Gasteiger partial charge in [0.2, 0.25) is 0 Å². The molecule has 3 aromatic rings. The molecule has 0 radical (unpaired) electrons. The number of likely N-dealkylation sites (N-methyl/N-ethyl adjacent to an activating group) is 1. The van der Waals surface area contributed by atoms with Crippen LogP contribution in [0.3, 0.4) is 0 Å². The third-order valence-corrected chi connectivity index (χ3v) is 7.78. The Morgan fingerprint density at radius 1 is 1.06 bits per heavy atom. The highest BCUT2D eigenvalue weighted by Crippen LogP contribution is 2.40. The molecule has 0 aliphatic carbocycles. The molecular formula is C27H35N3O2S. The number of hydrogen-bond acceptors (Lipinski definition) is 5. The summed E-state index contributed by atoms with van der Waals surface area (Å²) in [6.07, 6.45) is 2.48. The van der Waals surface area contributed by atoms with Gasteiger partial charge < -0.3 is 14.6 Å². The minimum absolute atomic E-state index is 0.105. The number of rotatable bonds is 8. The summed E-state index contributed by atoms with van der Waals surface area (Å²) in [6.45, 7) is 14.1. The molecule has 2 aromatic heterocycles. The van der Waals surface area contributed by atoms with Gasteiger partial charge >= 0.3 is 0 Å². The van der Waals surface area contributed by atoms with Gasteiger partial charge in [-0.1, -0.05) is 52.0 Å². The molecule has 1 atom stereocenters. The van der Waals surface area contributed by atoms with E-state index in [1.807, 2.05) is 0 Å². The summed E-state index contributed by atoms with van der Waals surface area (Å²) in [5.41, 5.74) is 3.80. The molecule has 1 N–H and O–H groups in total. The maximum Gasteiger partial charge on any atom is 0.291 e. The second kappa shape index (κ2) is 10.7. The summed E-state index contributed by atoms with van der Waals surface area (Å²) < 4.78 is 5.34. The first-order valence-electron chi connectivity index (χ1n) is 12.0. The van der Waals surface area contributed by atoms with Crippen LogP contribution in [0.15, 0.2) is 53.1 Å². The Morgan fingerprint density at radius 2 is 1.76 bits per heavy atom. The van der Waals surface area contributed by atoms with Gasteiger partial charge in [-0.05, 0) is 48.2 Å². The normalized spacial score (nSPS) is 16.3. The molecule has 0 spiro atoms. The van der Waals surface area contributed by atoms with Crippen LogP contribution in [0.4, 0.5) is 5.00 Å². The molecule has 0 saturated carbocycles. The Kier molecular flexibility index (Phi) is 7.68. The van der Waals surface area contributed by atoms with E-state index in [0.29, 0.717) is 11.7 Å². The number of aryl methyl sites for hydroxylation is 1. The number of furan rings is 1. The van der Waals surface area contributed by atoms with Crippen LogP contribution in [0.2, 0.25) is 0 Å². The molecule has 1 aliphatic rings. The van der Waals surface area contributed by atoms with Crippen LogP contribution in [0.5, 0.6) is 0 Å². The summed E-state index contributed by atoms with van der Waals surface area (Å²) in [4.78, 5) is 19.2. The second-order valence-corrected chi connectivity index (χ2v) is 10.1. The first-order chi connectivity index (χ1) is 16.0. The van der Waals surface area contributed by atoms with Crippen LogP contribution in [0.1, 0.15) is 71.8 Å². The summed E-state index contributed by atoms with van der Waals surface area (Å²) in [5, 5.41) is 4.08. The highest BCUT2D eigenvalue weighted by atomic mass is 32.1. The predicted molar refractivity (Wildman–Crippen MR) is 136 cm³/mol. The van der Waals surface area contributed by atoms with Crippen LogP contribution < -0.4 is 5.32 Å². The van der Waals surface area contributed by atoms with E-state index in [0.717, 1.165) is 44.1 Å². The zero-order valence-electron chi connectivity index (χ0n) is 20.1. The number of nitrogens with one attached hydrogen (secondary N) is 1. The van der Waals surface area contributed by atoms with Crippen LogP contribution in [-0.4, -0.2) is 48.4 Å². The number of hydrogen-bond donors (Lipinski definition) is 1. The third-order valence-electron chi connectivity index (χ3n) is 6.57. The van der Waals surface area contributed by atoms with E-state index >= 15 is 0 Å². The molecule has 1 aromatic carbocycles. The van der Waals surface area contributed by atoms with E-state index < -0.39 is 0 Å². The Hall–Kier alpha value is -2.41. The molecule has 1 aliphatic heterocycles. The van der Waals surface area contributed by atoms with Crippen molar-refractivity contribution in [3.8, 4) is 0 Å². The van der Waals surface area contributed by atoms with E-state index in [-0.39, 0.29) is 11.9 Å².